The topological polar surface area (TPSA) is 106 Å². The second-order valence-corrected chi connectivity index (χ2v) is 3.49. The molecule has 0 aliphatic carbocycles. The van der Waals surface area contributed by atoms with Crippen LogP contribution in [0.15, 0.2) is 47.2 Å². The quantitative estimate of drug-likeness (QED) is 0.315. The lowest BCUT2D eigenvalue weighted by atomic mass is 10.3. The van der Waals surface area contributed by atoms with E-state index in [4.69, 9.17) is 5.73 Å². The summed E-state index contributed by atoms with van der Waals surface area (Å²) in [6.45, 7) is 0. The first kappa shape index (κ1) is 13.6. The van der Waals surface area contributed by atoms with Crippen molar-refractivity contribution in [1.29, 1.82) is 0 Å². The van der Waals surface area contributed by atoms with E-state index in [0.29, 0.717) is 5.69 Å². The van der Waals surface area contributed by atoms with E-state index in [1.807, 2.05) is 6.07 Å². The minimum atomic E-state index is -0.583. The number of allylic oxidation sites excluding steroid dienone is 1. The summed E-state index contributed by atoms with van der Waals surface area (Å²) in [6, 6.07) is 8.87. The molecule has 0 aliphatic heterocycles. The van der Waals surface area contributed by atoms with E-state index in [-0.39, 0.29) is 10.8 Å². The first-order chi connectivity index (χ1) is 8.59. The average Bonchev–Trinajstić information content (AvgIpc) is 2.34. The lowest BCUT2D eigenvalue weighted by Gasteiger charge is -2.00. The molecule has 0 bridgehead atoms. The Kier molecular flexibility index (Phi) is 5.26. The number of nitrogens with one attached hydrogen (secondary N) is 2. The van der Waals surface area contributed by atoms with Crippen molar-refractivity contribution in [2.45, 2.75) is 0 Å². The fourth-order valence-electron chi connectivity index (χ4n) is 0.973. The maximum atomic E-state index is 10.7. The van der Waals surface area contributed by atoms with Crippen LogP contribution in [0.4, 0.5) is 5.69 Å². The van der Waals surface area contributed by atoms with Gasteiger partial charge >= 0.3 is 5.70 Å². The van der Waals surface area contributed by atoms with Gasteiger partial charge in [-0.15, -0.1) is 0 Å². The monoisotopic (exact) mass is 265 g/mol. The summed E-state index contributed by atoms with van der Waals surface area (Å²) >= 11 is 4.53. The van der Waals surface area contributed by atoms with Crippen LogP contribution in [0.3, 0.4) is 0 Å². The third-order valence-electron chi connectivity index (χ3n) is 1.73. The van der Waals surface area contributed by atoms with Gasteiger partial charge < -0.3 is 5.73 Å². The van der Waals surface area contributed by atoms with Gasteiger partial charge in [-0.05, 0) is 24.4 Å². The average molecular weight is 265 g/mol. The molecule has 0 fully saturated rings. The molecule has 0 unspecified atom stereocenters. The number of hydrogen-bond donors (Lipinski definition) is 3. The van der Waals surface area contributed by atoms with E-state index in [1.165, 1.54) is 0 Å². The zero-order valence-electron chi connectivity index (χ0n) is 9.24. The van der Waals surface area contributed by atoms with Gasteiger partial charge in [0.05, 0.1) is 16.8 Å². The summed E-state index contributed by atoms with van der Waals surface area (Å²) in [5.74, 6) is 0. The van der Waals surface area contributed by atoms with E-state index < -0.39 is 4.92 Å². The lowest BCUT2D eigenvalue weighted by molar-refractivity contribution is -0.414. The van der Waals surface area contributed by atoms with Crippen molar-refractivity contribution in [3.05, 3.63) is 52.3 Å². The number of nitrogens with two attached hydrogens (primary N) is 1. The number of hydrogen-bond acceptors (Lipinski definition) is 5. The number of nitro groups is 1. The van der Waals surface area contributed by atoms with Crippen LogP contribution in [-0.2, 0) is 0 Å². The zero-order chi connectivity index (χ0) is 13.4. The third kappa shape index (κ3) is 5.03. The lowest BCUT2D eigenvalue weighted by Crippen LogP contribution is -2.38. The summed E-state index contributed by atoms with van der Waals surface area (Å²) in [5.41, 5.74) is 10.3. The molecule has 1 rings (SSSR count). The number of hydrazine groups is 1. The summed E-state index contributed by atoms with van der Waals surface area (Å²) < 4.78 is 0. The normalized spacial score (nSPS) is 11.2. The Balaban J connectivity index is 2.72. The summed E-state index contributed by atoms with van der Waals surface area (Å²) in [4.78, 5) is 14.1. The van der Waals surface area contributed by atoms with Crippen molar-refractivity contribution in [1.82, 2.24) is 10.9 Å². The second-order valence-electron chi connectivity index (χ2n) is 3.05. The predicted molar refractivity (Wildman–Crippen MR) is 72.7 cm³/mol. The van der Waals surface area contributed by atoms with Crippen molar-refractivity contribution >= 4 is 29.2 Å². The van der Waals surface area contributed by atoms with Gasteiger partial charge in [-0.25, -0.2) is 4.99 Å². The first-order valence-electron chi connectivity index (χ1n) is 4.84. The van der Waals surface area contributed by atoms with Crippen LogP contribution < -0.4 is 16.6 Å². The molecule has 18 heavy (non-hydrogen) atoms. The van der Waals surface area contributed by atoms with Crippen LogP contribution in [0.25, 0.3) is 0 Å². The van der Waals surface area contributed by atoms with Crippen LogP contribution in [0.5, 0.6) is 0 Å². The number of benzene rings is 1. The number of aliphatic imine (C=N–C) groups is 1. The summed E-state index contributed by atoms with van der Waals surface area (Å²) in [6.07, 6.45) is 2.23. The number of para-hydroxylation sites is 1. The van der Waals surface area contributed by atoms with Gasteiger partial charge in [0.15, 0.2) is 5.11 Å². The van der Waals surface area contributed by atoms with E-state index in [2.05, 4.69) is 28.1 Å². The first-order valence-corrected chi connectivity index (χ1v) is 5.25. The van der Waals surface area contributed by atoms with Crippen molar-refractivity contribution < 1.29 is 4.92 Å². The van der Waals surface area contributed by atoms with Gasteiger partial charge in [0, 0.05) is 0 Å². The fraction of sp³-hybridized carbons (Fsp3) is 0. The molecule has 0 saturated carbocycles. The van der Waals surface area contributed by atoms with Gasteiger partial charge in [-0.2, -0.15) is 0 Å². The van der Waals surface area contributed by atoms with E-state index in [9.17, 15) is 10.1 Å². The highest BCUT2D eigenvalue weighted by Gasteiger charge is 2.06. The van der Waals surface area contributed by atoms with Crippen molar-refractivity contribution in [2.75, 3.05) is 0 Å². The minimum absolute atomic E-state index is 0.0195. The smallest absolute Gasteiger partial charge is 0.304 e. The van der Waals surface area contributed by atoms with Crippen molar-refractivity contribution in [3.8, 4) is 0 Å². The van der Waals surface area contributed by atoms with Gasteiger partial charge in [0.25, 0.3) is 0 Å². The largest absolute Gasteiger partial charge is 0.375 e. The van der Waals surface area contributed by atoms with E-state index >= 15 is 0 Å². The number of rotatable bonds is 5. The molecule has 0 amide bonds. The highest BCUT2D eigenvalue weighted by Crippen LogP contribution is 2.09. The van der Waals surface area contributed by atoms with Crippen LogP contribution in [0.2, 0.25) is 0 Å². The van der Waals surface area contributed by atoms with E-state index in [1.54, 1.807) is 24.3 Å². The predicted octanol–water partition coefficient (Wildman–Crippen LogP) is 0.845. The minimum Gasteiger partial charge on any atom is -0.375 e. The SMILES string of the molecule is NC(=S)NN/C=C(\C=Nc1ccccc1)[N+](=O)[O-]. The Labute approximate surface area is 109 Å². The Hall–Kier alpha value is -2.48. The molecule has 0 saturated heterocycles. The molecule has 8 heteroatoms. The van der Waals surface area contributed by atoms with Gasteiger partial charge in [0.1, 0.15) is 6.21 Å². The van der Waals surface area contributed by atoms with Gasteiger partial charge in [-0.3, -0.25) is 21.0 Å². The molecule has 1 aromatic rings. The van der Waals surface area contributed by atoms with E-state index in [0.717, 1.165) is 12.4 Å². The molecule has 0 spiro atoms. The van der Waals surface area contributed by atoms with Gasteiger partial charge in [0.2, 0.25) is 0 Å². The number of nitrogens with zero attached hydrogens (tertiary/aromatic N) is 2. The van der Waals surface area contributed by atoms with Crippen LogP contribution in [0, 0.1) is 10.1 Å². The van der Waals surface area contributed by atoms with Crippen LogP contribution in [-0.4, -0.2) is 16.3 Å². The van der Waals surface area contributed by atoms with Crippen molar-refractivity contribution in [3.63, 3.8) is 0 Å². The molecule has 0 aliphatic rings. The molecule has 0 atom stereocenters. The summed E-state index contributed by atoms with van der Waals surface area (Å²) in [7, 11) is 0. The molecule has 0 heterocycles. The van der Waals surface area contributed by atoms with Gasteiger partial charge in [-0.1, -0.05) is 18.2 Å². The highest BCUT2D eigenvalue weighted by atomic mass is 32.1. The van der Waals surface area contributed by atoms with Crippen LogP contribution in [0.1, 0.15) is 0 Å². The maximum absolute atomic E-state index is 10.7. The summed E-state index contributed by atoms with van der Waals surface area (Å²) in [5, 5.41) is 10.7. The Bertz CT molecular complexity index is 486. The molecule has 7 nitrogen and oxygen atoms in total. The van der Waals surface area contributed by atoms with Crippen molar-refractivity contribution in [2.24, 2.45) is 10.7 Å². The molecular weight excluding hydrogens is 254 g/mol. The molecular formula is C10H11N5O2S. The third-order valence-corrected chi connectivity index (χ3v) is 1.83. The Morgan fingerprint density at radius 1 is 1.44 bits per heavy atom. The molecule has 4 N–H and O–H groups in total. The maximum Gasteiger partial charge on any atom is 0.304 e. The fourth-order valence-corrected chi connectivity index (χ4v) is 1.03. The molecule has 0 radical (unpaired) electrons. The Morgan fingerprint density at radius 2 is 2.11 bits per heavy atom. The number of thiocarbonyl (C=S) groups is 1. The second kappa shape index (κ2) is 6.97. The molecule has 94 valence electrons. The zero-order valence-corrected chi connectivity index (χ0v) is 10.1. The Morgan fingerprint density at radius 3 is 2.67 bits per heavy atom. The standard InChI is InChI=1S/C10H11N5O2S/c11-10(18)14-13-7-9(15(16)17)6-12-8-4-2-1-3-5-8/h1-7,13H,(H3,11,14,18)/b9-7+,12-6?. The molecule has 0 aromatic heterocycles. The molecule has 1 aromatic carbocycles. The van der Waals surface area contributed by atoms with Crippen LogP contribution >= 0.6 is 12.2 Å². The highest BCUT2D eigenvalue weighted by molar-refractivity contribution is 7.80.